The highest BCUT2D eigenvalue weighted by Crippen LogP contribution is 2.11. The highest BCUT2D eigenvalue weighted by atomic mass is 19.1. The van der Waals surface area contributed by atoms with E-state index in [2.05, 4.69) is 4.74 Å². The number of nitrogens with two attached hydrogens (primary N) is 1. The van der Waals surface area contributed by atoms with E-state index in [1.165, 1.54) is 25.3 Å². The van der Waals surface area contributed by atoms with E-state index < -0.39 is 5.97 Å². The zero-order valence-corrected chi connectivity index (χ0v) is 8.37. The molecule has 0 aliphatic rings. The fourth-order valence-corrected chi connectivity index (χ4v) is 1.07. The molecule has 2 N–H and O–H groups in total. The number of hydrogen-bond acceptors (Lipinski definition) is 3. The third kappa shape index (κ3) is 3.18. The zero-order chi connectivity index (χ0) is 11.3. The number of benzene rings is 1. The maximum atomic E-state index is 13.2. The lowest BCUT2D eigenvalue weighted by atomic mass is 10.1. The van der Waals surface area contributed by atoms with Gasteiger partial charge >= 0.3 is 5.97 Å². The number of methoxy groups -OCH3 is 1. The van der Waals surface area contributed by atoms with E-state index in [0.29, 0.717) is 11.1 Å². The predicted octanol–water partition coefficient (Wildman–Crippen LogP) is 1.47. The Morgan fingerprint density at radius 1 is 1.60 bits per heavy atom. The Morgan fingerprint density at radius 2 is 2.33 bits per heavy atom. The van der Waals surface area contributed by atoms with E-state index in [9.17, 15) is 9.18 Å². The van der Waals surface area contributed by atoms with Crippen LogP contribution in [0.4, 0.5) is 4.39 Å². The van der Waals surface area contributed by atoms with Crippen LogP contribution >= 0.6 is 0 Å². The second-order valence-electron chi connectivity index (χ2n) is 2.91. The van der Waals surface area contributed by atoms with E-state index in [-0.39, 0.29) is 12.4 Å². The maximum absolute atomic E-state index is 13.2. The average molecular weight is 209 g/mol. The molecule has 0 amide bonds. The number of halogens is 1. The first-order valence-corrected chi connectivity index (χ1v) is 4.42. The number of esters is 1. The number of carbonyl (C=O) groups is 1. The molecule has 0 aliphatic carbocycles. The highest BCUT2D eigenvalue weighted by Gasteiger charge is 2.00. The molecule has 0 aliphatic heterocycles. The molecule has 0 bridgehead atoms. The molecule has 0 heterocycles. The van der Waals surface area contributed by atoms with E-state index in [1.807, 2.05) is 0 Å². The summed E-state index contributed by atoms with van der Waals surface area (Å²) in [4.78, 5) is 10.8. The van der Waals surface area contributed by atoms with Crippen LogP contribution in [0.2, 0.25) is 0 Å². The van der Waals surface area contributed by atoms with Gasteiger partial charge in [0.1, 0.15) is 5.82 Å². The first-order valence-electron chi connectivity index (χ1n) is 4.42. The van der Waals surface area contributed by atoms with Crippen LogP contribution in [0.15, 0.2) is 24.3 Å². The smallest absolute Gasteiger partial charge is 0.330 e. The molecule has 0 aromatic heterocycles. The second-order valence-corrected chi connectivity index (χ2v) is 2.91. The molecule has 0 unspecified atom stereocenters. The highest BCUT2D eigenvalue weighted by molar-refractivity contribution is 5.86. The normalized spacial score (nSPS) is 10.6. The summed E-state index contributed by atoms with van der Waals surface area (Å²) in [5, 5.41) is 0. The number of ether oxygens (including phenoxy) is 1. The van der Waals surface area contributed by atoms with Crippen molar-refractivity contribution < 1.29 is 13.9 Å². The lowest BCUT2D eigenvalue weighted by Crippen LogP contribution is -1.99. The molecule has 15 heavy (non-hydrogen) atoms. The minimum atomic E-state index is -0.474. The van der Waals surface area contributed by atoms with Crippen molar-refractivity contribution in [1.82, 2.24) is 0 Å². The number of hydrogen-bond donors (Lipinski definition) is 1. The van der Waals surface area contributed by atoms with Gasteiger partial charge in [0.25, 0.3) is 0 Å². The lowest BCUT2D eigenvalue weighted by Gasteiger charge is -2.00. The van der Waals surface area contributed by atoms with Crippen LogP contribution in [-0.4, -0.2) is 13.1 Å². The van der Waals surface area contributed by atoms with Gasteiger partial charge in [-0.1, -0.05) is 12.1 Å². The summed E-state index contributed by atoms with van der Waals surface area (Å²) in [5.41, 5.74) is 6.35. The largest absolute Gasteiger partial charge is 0.466 e. The van der Waals surface area contributed by atoms with E-state index in [1.54, 1.807) is 12.1 Å². The van der Waals surface area contributed by atoms with E-state index >= 15 is 0 Å². The van der Waals surface area contributed by atoms with Crippen molar-refractivity contribution in [2.24, 2.45) is 5.73 Å². The van der Waals surface area contributed by atoms with Crippen LogP contribution in [0.3, 0.4) is 0 Å². The first kappa shape index (κ1) is 11.4. The summed E-state index contributed by atoms with van der Waals surface area (Å²) >= 11 is 0. The first-order chi connectivity index (χ1) is 7.17. The van der Waals surface area contributed by atoms with E-state index in [4.69, 9.17) is 5.73 Å². The van der Waals surface area contributed by atoms with Crippen LogP contribution in [0.5, 0.6) is 0 Å². The van der Waals surface area contributed by atoms with E-state index in [0.717, 1.165) is 0 Å². The number of carbonyl (C=O) groups excluding carboxylic acids is 1. The minimum absolute atomic E-state index is 0.160. The van der Waals surface area contributed by atoms with Crippen LogP contribution in [0.1, 0.15) is 11.1 Å². The Bertz CT molecular complexity index is 388. The Balaban J connectivity index is 2.84. The summed E-state index contributed by atoms with van der Waals surface area (Å²) in [6.07, 6.45) is 2.71. The third-order valence-electron chi connectivity index (χ3n) is 1.91. The minimum Gasteiger partial charge on any atom is -0.466 e. The fraction of sp³-hybridized carbons (Fsp3) is 0.182. The summed E-state index contributed by atoms with van der Waals surface area (Å²) in [6.45, 7) is 0.160. The topological polar surface area (TPSA) is 52.3 Å². The molecule has 0 spiro atoms. The van der Waals surface area contributed by atoms with Crippen molar-refractivity contribution in [3.05, 3.63) is 41.2 Å². The van der Waals surface area contributed by atoms with Gasteiger partial charge in [-0.3, -0.25) is 0 Å². The summed E-state index contributed by atoms with van der Waals surface area (Å²) < 4.78 is 17.6. The quantitative estimate of drug-likeness (QED) is 0.605. The van der Waals surface area contributed by atoms with Crippen LogP contribution in [-0.2, 0) is 16.1 Å². The molecule has 4 heteroatoms. The van der Waals surface area contributed by atoms with Gasteiger partial charge in [-0.25, -0.2) is 9.18 Å². The van der Waals surface area contributed by atoms with Gasteiger partial charge in [-0.05, 0) is 17.7 Å². The van der Waals surface area contributed by atoms with Crippen molar-refractivity contribution in [3.8, 4) is 0 Å². The molecule has 1 aromatic rings. The van der Waals surface area contributed by atoms with Crippen LogP contribution in [0.25, 0.3) is 6.08 Å². The van der Waals surface area contributed by atoms with Gasteiger partial charge in [0.05, 0.1) is 7.11 Å². The Kier molecular flexibility index (Phi) is 4.00. The molecule has 0 saturated carbocycles. The van der Waals surface area contributed by atoms with Crippen molar-refractivity contribution in [1.29, 1.82) is 0 Å². The Morgan fingerprint density at radius 3 is 2.87 bits per heavy atom. The molecule has 1 aromatic carbocycles. The molecular weight excluding hydrogens is 197 g/mol. The number of rotatable bonds is 3. The maximum Gasteiger partial charge on any atom is 0.330 e. The molecule has 3 nitrogen and oxygen atoms in total. The van der Waals surface area contributed by atoms with Crippen LogP contribution in [0, 0.1) is 5.82 Å². The summed E-state index contributed by atoms with van der Waals surface area (Å²) in [5.74, 6) is -0.845. The third-order valence-corrected chi connectivity index (χ3v) is 1.91. The molecule has 0 radical (unpaired) electrons. The summed E-state index contributed by atoms with van der Waals surface area (Å²) in [6, 6.07) is 4.60. The average Bonchev–Trinajstić information content (AvgIpc) is 2.26. The fourth-order valence-electron chi connectivity index (χ4n) is 1.07. The molecule has 80 valence electrons. The zero-order valence-electron chi connectivity index (χ0n) is 8.37. The Labute approximate surface area is 87.3 Å². The van der Waals surface area contributed by atoms with Crippen LogP contribution < -0.4 is 5.73 Å². The lowest BCUT2D eigenvalue weighted by molar-refractivity contribution is -0.134. The van der Waals surface area contributed by atoms with Crippen molar-refractivity contribution in [3.63, 3.8) is 0 Å². The SMILES string of the molecule is COC(=O)C=Cc1ccc(CN)c(F)c1. The second kappa shape index (κ2) is 5.26. The molecule has 0 atom stereocenters. The van der Waals surface area contributed by atoms with Gasteiger partial charge in [0.2, 0.25) is 0 Å². The predicted molar refractivity (Wildman–Crippen MR) is 55.3 cm³/mol. The molecule has 1 rings (SSSR count). The monoisotopic (exact) mass is 209 g/mol. The van der Waals surface area contributed by atoms with Crippen molar-refractivity contribution in [2.75, 3.05) is 7.11 Å². The standard InChI is InChI=1S/C11H12FNO2/c1-15-11(14)5-3-8-2-4-9(7-13)10(12)6-8/h2-6H,7,13H2,1H3. The molecular formula is C11H12FNO2. The van der Waals surface area contributed by atoms with Crippen molar-refractivity contribution in [2.45, 2.75) is 6.54 Å². The van der Waals surface area contributed by atoms with Gasteiger partial charge in [0, 0.05) is 18.2 Å². The van der Waals surface area contributed by atoms with Gasteiger partial charge in [-0.15, -0.1) is 0 Å². The van der Waals surface area contributed by atoms with Gasteiger partial charge in [-0.2, -0.15) is 0 Å². The Hall–Kier alpha value is -1.68. The molecule has 0 fully saturated rings. The van der Waals surface area contributed by atoms with Gasteiger partial charge < -0.3 is 10.5 Å². The molecule has 0 saturated heterocycles. The van der Waals surface area contributed by atoms with Gasteiger partial charge in [0.15, 0.2) is 0 Å². The van der Waals surface area contributed by atoms with Crippen molar-refractivity contribution >= 4 is 12.0 Å². The summed E-state index contributed by atoms with van der Waals surface area (Å²) in [7, 11) is 1.28.